The molecule has 1 saturated heterocycles. The van der Waals surface area contributed by atoms with E-state index in [1.807, 2.05) is 13.8 Å². The van der Waals surface area contributed by atoms with Crippen molar-refractivity contribution < 1.29 is 9.47 Å². The van der Waals surface area contributed by atoms with Gasteiger partial charge in [-0.15, -0.1) is 0 Å². The Labute approximate surface area is 186 Å². The van der Waals surface area contributed by atoms with Crippen molar-refractivity contribution in [1.29, 1.82) is 0 Å². The molecule has 31 heavy (non-hydrogen) atoms. The summed E-state index contributed by atoms with van der Waals surface area (Å²) in [5.41, 5.74) is 11.0. The first-order chi connectivity index (χ1) is 14.9. The molecule has 4 rings (SSSR count). The van der Waals surface area contributed by atoms with Crippen LogP contribution in [-0.2, 0) is 11.3 Å². The summed E-state index contributed by atoms with van der Waals surface area (Å²) < 4.78 is 13.6. The average Bonchev–Trinajstić information content (AvgIpc) is 3.05. The van der Waals surface area contributed by atoms with Gasteiger partial charge in [0.05, 0.1) is 39.9 Å². The highest BCUT2D eigenvalue weighted by atomic mass is 35.5. The zero-order chi connectivity index (χ0) is 22.1. The quantitative estimate of drug-likeness (QED) is 0.442. The number of nitrogens with zero attached hydrogens (tertiary/aromatic N) is 4. The summed E-state index contributed by atoms with van der Waals surface area (Å²) in [5, 5.41) is 2.93. The third kappa shape index (κ3) is 4.03. The predicted molar refractivity (Wildman–Crippen MR) is 123 cm³/mol. The molecular formula is C22H29ClN6O2. The van der Waals surface area contributed by atoms with Gasteiger partial charge >= 0.3 is 0 Å². The van der Waals surface area contributed by atoms with Crippen LogP contribution >= 0.6 is 11.6 Å². The van der Waals surface area contributed by atoms with Crippen molar-refractivity contribution in [1.82, 2.24) is 19.5 Å². The summed E-state index contributed by atoms with van der Waals surface area (Å²) in [7, 11) is 1.77. The van der Waals surface area contributed by atoms with Crippen LogP contribution in [0.3, 0.4) is 0 Å². The fraction of sp³-hybridized carbons (Fsp3) is 0.455. The van der Waals surface area contributed by atoms with E-state index in [9.17, 15) is 0 Å². The molecule has 0 atom stereocenters. The molecule has 9 heteroatoms. The Bertz CT molecular complexity index is 1130. The van der Waals surface area contributed by atoms with Crippen molar-refractivity contribution in [3.8, 4) is 5.88 Å². The van der Waals surface area contributed by atoms with E-state index in [2.05, 4.69) is 15.6 Å². The summed E-state index contributed by atoms with van der Waals surface area (Å²) in [6.07, 6.45) is 5.45. The van der Waals surface area contributed by atoms with Gasteiger partial charge in [-0.05, 0) is 38.7 Å². The molecule has 0 amide bonds. The second-order valence-corrected chi connectivity index (χ2v) is 8.38. The maximum absolute atomic E-state index is 6.68. The largest absolute Gasteiger partial charge is 0.477 e. The first-order valence-electron chi connectivity index (χ1n) is 10.5. The Hall–Kier alpha value is -2.55. The smallest absolute Gasteiger partial charge is 0.225 e. The van der Waals surface area contributed by atoms with Crippen LogP contribution in [0.2, 0.25) is 5.02 Å². The lowest BCUT2D eigenvalue weighted by molar-refractivity contribution is 0.0619. The number of nitrogens with two attached hydrogens (primary N) is 2. The van der Waals surface area contributed by atoms with Crippen LogP contribution in [0.25, 0.3) is 27.6 Å². The van der Waals surface area contributed by atoms with Crippen molar-refractivity contribution in [3.63, 3.8) is 0 Å². The van der Waals surface area contributed by atoms with E-state index in [0.717, 1.165) is 65.8 Å². The second-order valence-electron chi connectivity index (χ2n) is 7.97. The molecule has 0 saturated carbocycles. The molecule has 0 bridgehead atoms. The number of rotatable bonds is 6. The summed E-state index contributed by atoms with van der Waals surface area (Å²) in [6.45, 7) is 6.64. The van der Waals surface area contributed by atoms with Crippen LogP contribution in [0, 0.1) is 5.92 Å². The number of hydrazine groups is 1. The Morgan fingerprint density at radius 2 is 2.06 bits per heavy atom. The number of halogens is 1. The van der Waals surface area contributed by atoms with Gasteiger partial charge in [0.1, 0.15) is 5.52 Å². The van der Waals surface area contributed by atoms with Crippen LogP contribution < -0.4 is 16.3 Å². The maximum Gasteiger partial charge on any atom is 0.225 e. The lowest BCUT2D eigenvalue weighted by Gasteiger charge is -2.23. The minimum absolute atomic E-state index is 0.486. The Morgan fingerprint density at radius 3 is 2.71 bits per heavy atom. The highest BCUT2D eigenvalue weighted by Gasteiger charge is 2.24. The highest BCUT2D eigenvalue weighted by molar-refractivity contribution is 6.36. The Morgan fingerprint density at radius 1 is 1.32 bits per heavy atom. The standard InChI is InChI=1S/C22H29ClN6O2/c1-4-31-22-18-19-17(9-15(10-26-19)20(13(2)24)28(3)25)29(21(18)16(23)11-27-22)12-14-5-7-30-8-6-14/h9-11,14H,4-8,12,24-25H2,1-3H3/b20-13-. The molecule has 4 heterocycles. The third-order valence-corrected chi connectivity index (χ3v) is 5.98. The molecule has 1 aliphatic heterocycles. The zero-order valence-corrected chi connectivity index (χ0v) is 18.9. The molecule has 0 spiro atoms. The molecular weight excluding hydrogens is 416 g/mol. The fourth-order valence-corrected chi connectivity index (χ4v) is 4.62. The van der Waals surface area contributed by atoms with Gasteiger partial charge in [-0.25, -0.2) is 10.8 Å². The van der Waals surface area contributed by atoms with E-state index < -0.39 is 0 Å². The summed E-state index contributed by atoms with van der Waals surface area (Å²) in [4.78, 5) is 9.23. The fourth-order valence-electron chi connectivity index (χ4n) is 4.37. The molecule has 3 aromatic heterocycles. The van der Waals surface area contributed by atoms with Gasteiger partial charge in [-0.1, -0.05) is 11.6 Å². The van der Waals surface area contributed by atoms with Crippen LogP contribution in [-0.4, -0.2) is 46.4 Å². The molecule has 3 aromatic rings. The Kier molecular flexibility index (Phi) is 6.22. The van der Waals surface area contributed by atoms with Crippen LogP contribution in [0.1, 0.15) is 32.3 Å². The van der Waals surface area contributed by atoms with Crippen LogP contribution in [0.4, 0.5) is 0 Å². The number of hydrogen-bond donors (Lipinski definition) is 2. The number of aromatic nitrogens is 3. The summed E-state index contributed by atoms with van der Waals surface area (Å²) in [5.74, 6) is 7.09. The van der Waals surface area contributed by atoms with Crippen molar-refractivity contribution in [2.24, 2.45) is 17.5 Å². The highest BCUT2D eigenvalue weighted by Crippen LogP contribution is 2.39. The monoisotopic (exact) mass is 444 g/mol. The lowest BCUT2D eigenvalue weighted by Crippen LogP contribution is -2.26. The molecule has 0 aliphatic carbocycles. The second kappa shape index (κ2) is 8.90. The first kappa shape index (κ1) is 21.7. The zero-order valence-electron chi connectivity index (χ0n) is 18.2. The minimum Gasteiger partial charge on any atom is -0.477 e. The number of pyridine rings is 2. The third-order valence-electron chi connectivity index (χ3n) is 5.70. The molecule has 0 unspecified atom stereocenters. The maximum atomic E-state index is 6.68. The van der Waals surface area contributed by atoms with Crippen LogP contribution in [0.15, 0.2) is 24.2 Å². The normalized spacial score (nSPS) is 16.0. The Balaban J connectivity index is 2.00. The van der Waals surface area contributed by atoms with Gasteiger partial charge in [-0.2, -0.15) is 0 Å². The van der Waals surface area contributed by atoms with Gasteiger partial charge in [0, 0.05) is 44.3 Å². The average molecular weight is 445 g/mol. The number of allylic oxidation sites excluding steroid dienone is 1. The first-order valence-corrected chi connectivity index (χ1v) is 10.9. The molecule has 0 radical (unpaired) electrons. The van der Waals surface area contributed by atoms with Crippen LogP contribution in [0.5, 0.6) is 5.88 Å². The molecule has 166 valence electrons. The van der Waals surface area contributed by atoms with Gasteiger partial charge in [0.25, 0.3) is 0 Å². The molecule has 1 aliphatic rings. The molecule has 1 fully saturated rings. The van der Waals surface area contributed by atoms with E-state index in [0.29, 0.717) is 29.1 Å². The number of fused-ring (bicyclic) bond motifs is 3. The molecule has 4 N–H and O–H groups in total. The van der Waals surface area contributed by atoms with Crippen molar-refractivity contribution >= 4 is 39.2 Å². The van der Waals surface area contributed by atoms with Gasteiger partial charge in [0.2, 0.25) is 5.88 Å². The number of hydrogen-bond acceptors (Lipinski definition) is 7. The van der Waals surface area contributed by atoms with Crippen molar-refractivity contribution in [2.75, 3.05) is 26.9 Å². The summed E-state index contributed by atoms with van der Waals surface area (Å²) in [6, 6.07) is 2.07. The predicted octanol–water partition coefficient (Wildman–Crippen LogP) is 3.52. The lowest BCUT2D eigenvalue weighted by atomic mass is 10.0. The van der Waals surface area contributed by atoms with E-state index >= 15 is 0 Å². The van der Waals surface area contributed by atoms with Gasteiger partial charge in [-0.3, -0.25) is 4.98 Å². The van der Waals surface area contributed by atoms with E-state index in [-0.39, 0.29) is 0 Å². The van der Waals surface area contributed by atoms with E-state index in [1.165, 1.54) is 5.01 Å². The van der Waals surface area contributed by atoms with Crippen molar-refractivity contribution in [3.05, 3.63) is 34.7 Å². The molecule has 8 nitrogen and oxygen atoms in total. The van der Waals surface area contributed by atoms with Gasteiger partial charge < -0.3 is 24.8 Å². The molecule has 0 aromatic carbocycles. The van der Waals surface area contributed by atoms with Gasteiger partial charge in [0.15, 0.2) is 0 Å². The number of ether oxygens (including phenoxy) is 2. The minimum atomic E-state index is 0.486. The van der Waals surface area contributed by atoms with E-state index in [4.69, 9.17) is 37.6 Å². The van der Waals surface area contributed by atoms with Crippen molar-refractivity contribution in [2.45, 2.75) is 33.2 Å². The SMILES string of the molecule is CCOc1ncc(Cl)c2c1c1ncc(/C(=C(\C)N)N(C)N)cc1n2CC1CCOCC1. The topological polar surface area (TPSA) is 104 Å². The summed E-state index contributed by atoms with van der Waals surface area (Å²) >= 11 is 6.68. The van der Waals surface area contributed by atoms with E-state index in [1.54, 1.807) is 19.4 Å².